The molecule has 8 heteroatoms. The largest absolute Gasteiger partial charge is 0.507 e. The monoisotopic (exact) mass is 414 g/mol. The van der Waals surface area contributed by atoms with Gasteiger partial charge in [0.2, 0.25) is 0 Å². The standard InChI is InChI=1S/C22H30N4O4/c1-3-7-19-20(11-10-18(15(2)27)21(19)28)30-13-5-4-12-29-17-9-6-8-16(14-17)22(23)25-26-24/h6,8-11,14,26,28H,3-5,7,12-13,24H2,1-2H3,(H2,23,25). The number of nitrogens with zero attached hydrogens (tertiary/aromatic N) is 1. The summed E-state index contributed by atoms with van der Waals surface area (Å²) in [6.45, 7) is 4.47. The first kappa shape index (κ1) is 23.0. The molecule has 2 aromatic carbocycles. The van der Waals surface area contributed by atoms with Gasteiger partial charge in [-0.15, -0.1) is 5.10 Å². The van der Waals surface area contributed by atoms with Gasteiger partial charge in [-0.25, -0.2) is 11.4 Å². The molecule has 0 atom stereocenters. The van der Waals surface area contributed by atoms with Crippen molar-refractivity contribution in [2.45, 2.75) is 39.5 Å². The number of carbonyl (C=O) groups is 1. The molecule has 8 nitrogen and oxygen atoms in total. The number of carbonyl (C=O) groups excluding carboxylic acids is 1. The molecule has 2 aromatic rings. The van der Waals surface area contributed by atoms with Crippen LogP contribution >= 0.6 is 0 Å². The fourth-order valence-corrected chi connectivity index (χ4v) is 2.98. The van der Waals surface area contributed by atoms with Crippen molar-refractivity contribution >= 4 is 11.6 Å². The Bertz CT molecular complexity index is 883. The van der Waals surface area contributed by atoms with Gasteiger partial charge in [0.1, 0.15) is 17.2 Å². The minimum atomic E-state index is -0.162. The van der Waals surface area contributed by atoms with E-state index in [0.29, 0.717) is 47.8 Å². The first-order valence-corrected chi connectivity index (χ1v) is 9.98. The van der Waals surface area contributed by atoms with Crippen molar-refractivity contribution in [2.75, 3.05) is 13.2 Å². The summed E-state index contributed by atoms with van der Waals surface area (Å²) in [7, 11) is 0. The molecule has 0 radical (unpaired) electrons. The lowest BCUT2D eigenvalue weighted by Crippen LogP contribution is -2.23. The first-order chi connectivity index (χ1) is 14.5. The van der Waals surface area contributed by atoms with Crippen LogP contribution in [0.3, 0.4) is 0 Å². The first-order valence-electron chi connectivity index (χ1n) is 9.98. The topological polar surface area (TPSA) is 132 Å². The van der Waals surface area contributed by atoms with E-state index in [4.69, 9.17) is 21.1 Å². The molecule has 0 aliphatic heterocycles. The number of hydrogen-bond donors (Lipinski definition) is 4. The summed E-state index contributed by atoms with van der Waals surface area (Å²) >= 11 is 0. The van der Waals surface area contributed by atoms with E-state index in [1.165, 1.54) is 6.92 Å². The van der Waals surface area contributed by atoms with Gasteiger partial charge >= 0.3 is 0 Å². The molecule has 2 rings (SSSR count). The van der Waals surface area contributed by atoms with Crippen LogP contribution in [0.2, 0.25) is 0 Å². The summed E-state index contributed by atoms with van der Waals surface area (Å²) < 4.78 is 11.6. The Morgan fingerprint density at radius 1 is 1.17 bits per heavy atom. The lowest BCUT2D eigenvalue weighted by molar-refractivity contribution is 0.101. The highest BCUT2D eigenvalue weighted by Crippen LogP contribution is 2.33. The normalized spacial score (nSPS) is 11.2. The molecular weight excluding hydrogens is 384 g/mol. The van der Waals surface area contributed by atoms with Crippen molar-refractivity contribution in [1.29, 1.82) is 0 Å². The molecule has 0 aromatic heterocycles. The van der Waals surface area contributed by atoms with Crippen LogP contribution in [0.25, 0.3) is 0 Å². The Balaban J connectivity index is 1.84. The quantitative estimate of drug-likeness (QED) is 0.105. The Morgan fingerprint density at radius 2 is 1.90 bits per heavy atom. The van der Waals surface area contributed by atoms with Crippen molar-refractivity contribution in [3.63, 3.8) is 0 Å². The lowest BCUT2D eigenvalue weighted by Gasteiger charge is -2.14. The maximum Gasteiger partial charge on any atom is 0.163 e. The molecule has 0 fully saturated rings. The van der Waals surface area contributed by atoms with Gasteiger partial charge in [-0.1, -0.05) is 25.5 Å². The molecule has 0 saturated carbocycles. The van der Waals surface area contributed by atoms with Gasteiger partial charge < -0.3 is 20.3 Å². The number of benzene rings is 2. The maximum atomic E-state index is 11.6. The SMILES string of the molecule is CCCc1c(OCCCCOc2cccc(/C(N)=N/NN)c2)ccc(C(C)=O)c1O. The zero-order valence-corrected chi connectivity index (χ0v) is 17.5. The van der Waals surface area contributed by atoms with E-state index in [2.05, 4.69) is 10.6 Å². The predicted molar refractivity (Wildman–Crippen MR) is 117 cm³/mol. The minimum absolute atomic E-state index is 0.0257. The van der Waals surface area contributed by atoms with Crippen molar-refractivity contribution in [3.05, 3.63) is 53.1 Å². The van der Waals surface area contributed by atoms with Gasteiger partial charge in [0.15, 0.2) is 11.6 Å². The van der Waals surface area contributed by atoms with E-state index in [1.807, 2.05) is 25.1 Å². The van der Waals surface area contributed by atoms with Crippen molar-refractivity contribution < 1.29 is 19.4 Å². The number of hydrazone groups is 1. The van der Waals surface area contributed by atoms with E-state index in [0.717, 1.165) is 19.3 Å². The average molecular weight is 415 g/mol. The highest BCUT2D eigenvalue weighted by atomic mass is 16.5. The van der Waals surface area contributed by atoms with Crippen molar-refractivity contribution in [2.24, 2.45) is 16.7 Å². The Labute approximate surface area is 176 Å². The van der Waals surface area contributed by atoms with Crippen molar-refractivity contribution in [1.82, 2.24) is 5.53 Å². The van der Waals surface area contributed by atoms with Crippen LogP contribution in [0.5, 0.6) is 17.2 Å². The van der Waals surface area contributed by atoms with Crippen LogP contribution < -0.4 is 26.6 Å². The number of nitrogens with two attached hydrogens (primary N) is 2. The van der Waals surface area contributed by atoms with Crippen LogP contribution in [-0.4, -0.2) is 29.9 Å². The number of rotatable bonds is 12. The number of hydrazine groups is 1. The summed E-state index contributed by atoms with van der Waals surface area (Å²) in [5.74, 6) is 6.59. The number of unbranched alkanes of at least 4 members (excludes halogenated alkanes) is 1. The third-order valence-electron chi connectivity index (χ3n) is 4.50. The number of ether oxygens (including phenoxy) is 2. The van der Waals surface area contributed by atoms with Gasteiger partial charge in [-0.05, 0) is 50.5 Å². The van der Waals surface area contributed by atoms with Crippen LogP contribution in [0, 0.1) is 0 Å². The molecule has 0 spiro atoms. The maximum absolute atomic E-state index is 11.6. The fourth-order valence-electron chi connectivity index (χ4n) is 2.98. The second-order valence-electron chi connectivity index (χ2n) is 6.80. The number of nitrogens with one attached hydrogen (secondary N) is 1. The molecule has 6 N–H and O–H groups in total. The molecule has 0 amide bonds. The number of aromatic hydroxyl groups is 1. The van der Waals surface area contributed by atoms with E-state index in [9.17, 15) is 9.90 Å². The summed E-state index contributed by atoms with van der Waals surface area (Å²) in [5, 5.41) is 14.1. The summed E-state index contributed by atoms with van der Waals surface area (Å²) in [4.78, 5) is 11.6. The summed E-state index contributed by atoms with van der Waals surface area (Å²) in [6, 6.07) is 10.7. The third kappa shape index (κ3) is 6.38. The van der Waals surface area contributed by atoms with E-state index < -0.39 is 0 Å². The van der Waals surface area contributed by atoms with Gasteiger partial charge in [0.05, 0.1) is 18.8 Å². The summed E-state index contributed by atoms with van der Waals surface area (Å²) in [5.41, 5.74) is 9.68. The van der Waals surface area contributed by atoms with Gasteiger partial charge in [0, 0.05) is 11.1 Å². The number of amidine groups is 1. The number of phenols is 1. The van der Waals surface area contributed by atoms with Crippen LogP contribution in [0.1, 0.15) is 54.6 Å². The number of Topliss-reactive ketones (excluding diaryl/α,β-unsaturated/α-hetero) is 1. The highest BCUT2D eigenvalue weighted by Gasteiger charge is 2.15. The minimum Gasteiger partial charge on any atom is -0.507 e. The smallest absolute Gasteiger partial charge is 0.163 e. The zero-order valence-electron chi connectivity index (χ0n) is 17.5. The Hall–Kier alpha value is -3.26. The number of ketones is 1. The molecular formula is C22H30N4O4. The van der Waals surface area contributed by atoms with Crippen molar-refractivity contribution in [3.8, 4) is 17.2 Å². The second-order valence-corrected chi connectivity index (χ2v) is 6.80. The number of phenolic OH excluding ortho intramolecular Hbond substituents is 1. The molecule has 0 aliphatic rings. The van der Waals surface area contributed by atoms with Gasteiger partial charge in [0.25, 0.3) is 0 Å². The zero-order chi connectivity index (χ0) is 21.9. The van der Waals surface area contributed by atoms with E-state index in [-0.39, 0.29) is 17.4 Å². The molecule has 0 bridgehead atoms. The van der Waals surface area contributed by atoms with Gasteiger partial charge in [-0.2, -0.15) is 0 Å². The Kier molecular flexibility index (Phi) is 8.96. The molecule has 0 saturated heterocycles. The second kappa shape index (κ2) is 11.7. The lowest BCUT2D eigenvalue weighted by atomic mass is 10.0. The van der Waals surface area contributed by atoms with E-state index in [1.54, 1.807) is 18.2 Å². The molecule has 162 valence electrons. The average Bonchev–Trinajstić information content (AvgIpc) is 2.73. The highest BCUT2D eigenvalue weighted by molar-refractivity contribution is 5.98. The summed E-state index contributed by atoms with van der Waals surface area (Å²) in [6.07, 6.45) is 3.06. The predicted octanol–water partition coefficient (Wildman–Crippen LogP) is 2.87. The third-order valence-corrected chi connectivity index (χ3v) is 4.50. The van der Waals surface area contributed by atoms with Crippen LogP contribution in [0.15, 0.2) is 41.5 Å². The Morgan fingerprint density at radius 3 is 2.57 bits per heavy atom. The molecule has 30 heavy (non-hydrogen) atoms. The number of hydrogen-bond acceptors (Lipinski definition) is 7. The van der Waals surface area contributed by atoms with Crippen LogP contribution in [0.4, 0.5) is 0 Å². The fraction of sp³-hybridized carbons (Fsp3) is 0.364. The van der Waals surface area contributed by atoms with Gasteiger partial charge in [-0.3, -0.25) is 4.79 Å². The molecule has 0 aliphatic carbocycles. The van der Waals surface area contributed by atoms with Crippen LogP contribution in [-0.2, 0) is 6.42 Å². The molecule has 0 unspecified atom stereocenters. The van der Waals surface area contributed by atoms with E-state index >= 15 is 0 Å². The molecule has 0 heterocycles.